The second-order valence-electron chi connectivity index (χ2n) is 5.18. The highest BCUT2D eigenvalue weighted by molar-refractivity contribution is 7.57. The van der Waals surface area contributed by atoms with E-state index in [1.165, 1.54) is 0 Å². The second kappa shape index (κ2) is 7.19. The van der Waals surface area contributed by atoms with Gasteiger partial charge in [-0.15, -0.1) is 0 Å². The van der Waals surface area contributed by atoms with Crippen molar-refractivity contribution >= 4 is 41.0 Å². The molecule has 0 bridgehead atoms. The zero-order valence-electron chi connectivity index (χ0n) is 14.1. The number of aromatic nitrogens is 2. The maximum Gasteiger partial charge on any atom is 0.354 e. The van der Waals surface area contributed by atoms with Crippen molar-refractivity contribution in [1.29, 1.82) is 0 Å². The number of fused-ring (bicyclic) bond motifs is 3. The lowest BCUT2D eigenvalue weighted by Crippen LogP contribution is -1.93. The summed E-state index contributed by atoms with van der Waals surface area (Å²) < 4.78 is 25.4. The minimum atomic E-state index is -3.19. The number of nitrogens with zero attached hydrogens (tertiary/aromatic N) is 2. The summed E-state index contributed by atoms with van der Waals surface area (Å²) in [6, 6.07) is 8.09. The molecule has 0 fully saturated rings. The van der Waals surface area contributed by atoms with E-state index in [2.05, 4.69) is 22.4 Å². The lowest BCUT2D eigenvalue weighted by atomic mass is 10.2. The molecule has 0 aliphatic heterocycles. The van der Waals surface area contributed by atoms with Crippen molar-refractivity contribution in [2.45, 2.75) is 27.2 Å². The molecule has 0 N–H and O–H groups in total. The van der Waals surface area contributed by atoms with Gasteiger partial charge in [0.1, 0.15) is 0 Å². The first-order valence-electron chi connectivity index (χ1n) is 8.08. The molecule has 0 saturated heterocycles. The zero-order chi connectivity index (χ0) is 17.2. The fourth-order valence-electron chi connectivity index (χ4n) is 2.71. The average molecular weight is 364 g/mol. The third-order valence-corrected chi connectivity index (χ3v) is 6.45. The number of hydrogen-bond acceptors (Lipinski definition) is 5. The van der Waals surface area contributed by atoms with Crippen molar-refractivity contribution in [3.8, 4) is 0 Å². The highest BCUT2D eigenvalue weighted by Gasteiger charge is 2.20. The van der Waals surface area contributed by atoms with Crippen LogP contribution in [0.3, 0.4) is 0 Å². The van der Waals surface area contributed by atoms with Crippen LogP contribution in [-0.4, -0.2) is 22.6 Å². The van der Waals surface area contributed by atoms with E-state index in [4.69, 9.17) is 9.05 Å². The van der Waals surface area contributed by atoms with Crippen molar-refractivity contribution in [2.75, 3.05) is 13.2 Å². The maximum atomic E-state index is 12.6. The molecule has 0 unspecified atom stereocenters. The molecule has 3 aromatic rings. The van der Waals surface area contributed by atoms with Gasteiger partial charge in [0.05, 0.1) is 29.1 Å². The number of thiazole rings is 1. The van der Waals surface area contributed by atoms with Crippen LogP contribution in [0.4, 0.5) is 0 Å². The molecule has 0 aliphatic rings. The van der Waals surface area contributed by atoms with Gasteiger partial charge in [0.25, 0.3) is 0 Å². The van der Waals surface area contributed by atoms with Gasteiger partial charge in [-0.1, -0.05) is 30.4 Å². The average Bonchev–Trinajstić information content (AvgIpc) is 3.08. The van der Waals surface area contributed by atoms with E-state index in [9.17, 15) is 4.57 Å². The van der Waals surface area contributed by atoms with Gasteiger partial charge < -0.3 is 9.05 Å². The standard InChI is InChI=1S/C17H21N2O3PS/c1-4-14-16(11-12-23(20,21-5-2)22-6-3)24-17-18-13-9-7-8-10-15(13)19(14)17/h7-12H,4-6H2,1-3H3/b12-11+. The van der Waals surface area contributed by atoms with Crippen LogP contribution < -0.4 is 0 Å². The fraction of sp³-hybridized carbons (Fsp3) is 0.353. The predicted molar refractivity (Wildman–Crippen MR) is 99.8 cm³/mol. The summed E-state index contributed by atoms with van der Waals surface area (Å²) in [5.74, 6) is 1.56. The van der Waals surface area contributed by atoms with E-state index in [-0.39, 0.29) is 0 Å². The first-order valence-corrected chi connectivity index (χ1v) is 10.5. The number of aryl methyl sites for hydroxylation is 1. The summed E-state index contributed by atoms with van der Waals surface area (Å²) in [6.07, 6.45) is 2.70. The molecule has 0 aliphatic carbocycles. The van der Waals surface area contributed by atoms with Crippen molar-refractivity contribution in [3.05, 3.63) is 40.7 Å². The Balaban J connectivity index is 2.06. The number of rotatable bonds is 7. The van der Waals surface area contributed by atoms with Gasteiger partial charge >= 0.3 is 7.60 Å². The molecule has 0 saturated carbocycles. The largest absolute Gasteiger partial charge is 0.354 e. The molecule has 3 rings (SSSR count). The fourth-order valence-corrected chi connectivity index (χ4v) is 5.23. The van der Waals surface area contributed by atoms with Gasteiger partial charge in [0, 0.05) is 11.5 Å². The van der Waals surface area contributed by atoms with Crippen molar-refractivity contribution in [3.63, 3.8) is 0 Å². The van der Waals surface area contributed by atoms with Crippen LogP contribution in [0.2, 0.25) is 0 Å². The molecule has 7 heteroatoms. The molecular weight excluding hydrogens is 343 g/mol. The third kappa shape index (κ3) is 3.20. The lowest BCUT2D eigenvalue weighted by Gasteiger charge is -2.12. The van der Waals surface area contributed by atoms with Gasteiger partial charge in [-0.05, 0) is 38.5 Å². The summed E-state index contributed by atoms with van der Waals surface area (Å²) in [5, 5.41) is 0. The molecular formula is C17H21N2O3PS. The van der Waals surface area contributed by atoms with E-state index >= 15 is 0 Å². The Morgan fingerprint density at radius 2 is 1.92 bits per heavy atom. The van der Waals surface area contributed by atoms with Crippen molar-refractivity contribution in [1.82, 2.24) is 9.38 Å². The Hall–Kier alpha value is -1.46. The molecule has 0 amide bonds. The number of hydrogen-bond donors (Lipinski definition) is 0. The highest BCUT2D eigenvalue weighted by atomic mass is 32.1. The first kappa shape index (κ1) is 17.4. The monoisotopic (exact) mass is 364 g/mol. The Morgan fingerprint density at radius 3 is 2.58 bits per heavy atom. The second-order valence-corrected chi connectivity index (χ2v) is 8.08. The first-order chi connectivity index (χ1) is 11.6. The van der Waals surface area contributed by atoms with Gasteiger partial charge in [-0.3, -0.25) is 8.97 Å². The van der Waals surface area contributed by atoms with Crippen LogP contribution in [0, 0.1) is 0 Å². The van der Waals surface area contributed by atoms with Gasteiger partial charge in [0.15, 0.2) is 4.96 Å². The van der Waals surface area contributed by atoms with Gasteiger partial charge in [-0.2, -0.15) is 0 Å². The topological polar surface area (TPSA) is 52.8 Å². The van der Waals surface area contributed by atoms with Crippen molar-refractivity contribution < 1.29 is 13.6 Å². The Labute approximate surface area is 145 Å². The Kier molecular flexibility index (Phi) is 5.21. The van der Waals surface area contributed by atoms with Gasteiger partial charge in [0.2, 0.25) is 0 Å². The van der Waals surface area contributed by atoms with Crippen molar-refractivity contribution in [2.24, 2.45) is 0 Å². The van der Waals surface area contributed by atoms with E-state index in [0.29, 0.717) is 13.2 Å². The normalized spacial score (nSPS) is 12.8. The summed E-state index contributed by atoms with van der Waals surface area (Å²) >= 11 is 1.58. The molecule has 24 heavy (non-hydrogen) atoms. The SMILES string of the molecule is CCOP(=O)(/C=C/c1sc2nc3ccccc3n2c1CC)OCC. The molecule has 0 spiro atoms. The summed E-state index contributed by atoms with van der Waals surface area (Å²) in [4.78, 5) is 6.65. The summed E-state index contributed by atoms with van der Waals surface area (Å²) in [5.41, 5.74) is 3.24. The number of imidazole rings is 1. The molecule has 2 aromatic heterocycles. The quantitative estimate of drug-likeness (QED) is 0.531. The van der Waals surface area contributed by atoms with E-state index in [1.807, 2.05) is 38.1 Å². The molecule has 0 radical (unpaired) electrons. The molecule has 1 aromatic carbocycles. The van der Waals surface area contributed by atoms with Crippen LogP contribution >= 0.6 is 18.9 Å². The minimum absolute atomic E-state index is 0.348. The molecule has 2 heterocycles. The highest BCUT2D eigenvalue weighted by Crippen LogP contribution is 2.50. The van der Waals surface area contributed by atoms with E-state index < -0.39 is 7.60 Å². The Bertz CT molecular complexity index is 919. The molecule has 5 nitrogen and oxygen atoms in total. The predicted octanol–water partition coefficient (Wildman–Crippen LogP) is 5.35. The van der Waals surface area contributed by atoms with E-state index in [1.54, 1.807) is 17.2 Å². The zero-order valence-corrected chi connectivity index (χ0v) is 15.8. The smallest absolute Gasteiger partial charge is 0.306 e. The molecule has 0 atom stereocenters. The van der Waals surface area contributed by atoms with Gasteiger partial charge in [-0.25, -0.2) is 4.98 Å². The molecule has 128 valence electrons. The Morgan fingerprint density at radius 1 is 1.21 bits per heavy atom. The summed E-state index contributed by atoms with van der Waals surface area (Å²) in [7, 11) is -3.19. The maximum absolute atomic E-state index is 12.6. The van der Waals surface area contributed by atoms with Crippen LogP contribution in [0.25, 0.3) is 22.1 Å². The van der Waals surface area contributed by atoms with Crippen LogP contribution in [0.15, 0.2) is 30.1 Å². The minimum Gasteiger partial charge on any atom is -0.306 e. The number of benzene rings is 1. The van der Waals surface area contributed by atoms with Crippen LogP contribution in [0.1, 0.15) is 31.3 Å². The summed E-state index contributed by atoms with van der Waals surface area (Å²) in [6.45, 7) is 6.42. The van der Waals surface area contributed by atoms with E-state index in [0.717, 1.165) is 33.0 Å². The lowest BCUT2D eigenvalue weighted by molar-refractivity contribution is 0.229. The number of para-hydroxylation sites is 2. The third-order valence-electron chi connectivity index (χ3n) is 3.65. The van der Waals surface area contributed by atoms with Crippen LogP contribution in [0.5, 0.6) is 0 Å². The van der Waals surface area contributed by atoms with Crippen LogP contribution in [-0.2, 0) is 20.0 Å².